The highest BCUT2D eigenvalue weighted by Crippen LogP contribution is 2.25. The van der Waals surface area contributed by atoms with E-state index >= 15 is 0 Å². The summed E-state index contributed by atoms with van der Waals surface area (Å²) in [7, 11) is 0. The summed E-state index contributed by atoms with van der Waals surface area (Å²) in [5.41, 5.74) is 1.39. The van der Waals surface area contributed by atoms with Crippen molar-refractivity contribution in [1.82, 2.24) is 14.7 Å². The van der Waals surface area contributed by atoms with E-state index in [1.54, 1.807) is 10.9 Å². The second-order valence-corrected chi connectivity index (χ2v) is 6.64. The van der Waals surface area contributed by atoms with Gasteiger partial charge in [-0.25, -0.2) is 4.79 Å². The Bertz CT molecular complexity index is 733. The summed E-state index contributed by atoms with van der Waals surface area (Å²) in [5.74, 6) is -0.578. The molecule has 0 radical (unpaired) electrons. The van der Waals surface area contributed by atoms with Crippen LogP contribution >= 0.6 is 0 Å². The molecule has 1 aliphatic rings. The van der Waals surface area contributed by atoms with Gasteiger partial charge in [0.1, 0.15) is 0 Å². The number of carboxylic acid groups (broad SMARTS) is 1. The topological polar surface area (TPSA) is 75.4 Å². The average molecular weight is 341 g/mol. The number of carboxylic acids is 1. The van der Waals surface area contributed by atoms with Crippen LogP contribution in [0.5, 0.6) is 0 Å². The van der Waals surface area contributed by atoms with E-state index in [1.165, 1.54) is 11.8 Å². The van der Waals surface area contributed by atoms with Crippen molar-refractivity contribution in [1.29, 1.82) is 0 Å². The van der Waals surface area contributed by atoms with Crippen LogP contribution in [0.15, 0.2) is 42.7 Å². The Balaban J connectivity index is 1.53. The van der Waals surface area contributed by atoms with Gasteiger partial charge in [0.2, 0.25) is 5.91 Å². The molecular weight excluding hydrogens is 318 g/mol. The molecule has 1 unspecified atom stereocenters. The molecule has 132 valence electrons. The Morgan fingerprint density at radius 1 is 1.24 bits per heavy atom. The normalized spacial score (nSPS) is 16.6. The molecule has 1 saturated heterocycles. The average Bonchev–Trinajstić information content (AvgIpc) is 3.13. The van der Waals surface area contributed by atoms with Crippen LogP contribution in [0, 0.1) is 0 Å². The monoisotopic (exact) mass is 341 g/mol. The SMILES string of the molecule is CC(CC(=O)N1CCC(n2cc(C(=O)O)cn2)CC1)c1ccccc1. The number of carbonyl (C=O) groups excluding carboxylic acids is 1. The summed E-state index contributed by atoms with van der Waals surface area (Å²) < 4.78 is 1.72. The Hall–Kier alpha value is -2.63. The summed E-state index contributed by atoms with van der Waals surface area (Å²) in [6.07, 6.45) is 5.06. The first-order valence-electron chi connectivity index (χ1n) is 8.64. The number of aromatic nitrogens is 2. The van der Waals surface area contributed by atoms with Crippen LogP contribution in [0.25, 0.3) is 0 Å². The van der Waals surface area contributed by atoms with Gasteiger partial charge in [-0.15, -0.1) is 0 Å². The van der Waals surface area contributed by atoms with Crippen LogP contribution in [0.2, 0.25) is 0 Å². The van der Waals surface area contributed by atoms with Gasteiger partial charge in [-0.3, -0.25) is 9.48 Å². The lowest BCUT2D eigenvalue weighted by molar-refractivity contribution is -0.132. The second-order valence-electron chi connectivity index (χ2n) is 6.64. The molecule has 6 heteroatoms. The van der Waals surface area contributed by atoms with Crippen molar-refractivity contribution >= 4 is 11.9 Å². The van der Waals surface area contributed by atoms with E-state index in [0.717, 1.165) is 12.8 Å². The van der Waals surface area contributed by atoms with E-state index in [0.29, 0.717) is 19.5 Å². The number of rotatable bonds is 5. The molecule has 0 aliphatic carbocycles. The van der Waals surface area contributed by atoms with Gasteiger partial charge in [-0.05, 0) is 24.3 Å². The van der Waals surface area contributed by atoms with Crippen molar-refractivity contribution in [3.63, 3.8) is 0 Å². The lowest BCUT2D eigenvalue weighted by Gasteiger charge is -2.32. The minimum Gasteiger partial charge on any atom is -0.478 e. The number of piperidine rings is 1. The number of amides is 1. The van der Waals surface area contributed by atoms with E-state index < -0.39 is 5.97 Å². The Kier molecular flexibility index (Phi) is 5.16. The van der Waals surface area contributed by atoms with Gasteiger partial charge in [0, 0.05) is 25.7 Å². The van der Waals surface area contributed by atoms with E-state index in [9.17, 15) is 9.59 Å². The minimum absolute atomic E-state index is 0.156. The molecule has 1 aliphatic heterocycles. The van der Waals surface area contributed by atoms with Gasteiger partial charge in [-0.1, -0.05) is 37.3 Å². The molecule has 3 rings (SSSR count). The number of aromatic carboxylic acids is 1. The number of hydrogen-bond donors (Lipinski definition) is 1. The van der Waals surface area contributed by atoms with Crippen molar-refractivity contribution < 1.29 is 14.7 Å². The molecule has 2 heterocycles. The van der Waals surface area contributed by atoms with Crippen molar-refractivity contribution in [3.8, 4) is 0 Å². The highest BCUT2D eigenvalue weighted by Gasteiger charge is 2.25. The fourth-order valence-electron chi connectivity index (χ4n) is 3.32. The Morgan fingerprint density at radius 3 is 2.52 bits per heavy atom. The van der Waals surface area contributed by atoms with Crippen LogP contribution in [0.3, 0.4) is 0 Å². The van der Waals surface area contributed by atoms with Crippen LogP contribution < -0.4 is 0 Å². The molecule has 1 N–H and O–H groups in total. The molecule has 1 aromatic carbocycles. The predicted octanol–water partition coefficient (Wildman–Crippen LogP) is 2.94. The smallest absolute Gasteiger partial charge is 0.338 e. The maximum atomic E-state index is 12.5. The maximum Gasteiger partial charge on any atom is 0.338 e. The Morgan fingerprint density at radius 2 is 1.92 bits per heavy atom. The number of likely N-dealkylation sites (tertiary alicyclic amines) is 1. The molecule has 1 atom stereocenters. The molecule has 2 aromatic rings. The van der Waals surface area contributed by atoms with Gasteiger partial charge in [-0.2, -0.15) is 5.10 Å². The Labute approximate surface area is 147 Å². The van der Waals surface area contributed by atoms with Crippen molar-refractivity contribution in [2.75, 3.05) is 13.1 Å². The molecule has 1 aromatic heterocycles. The first-order valence-corrected chi connectivity index (χ1v) is 8.64. The standard InChI is InChI=1S/C19H23N3O3/c1-14(15-5-3-2-4-6-15)11-18(23)21-9-7-17(8-10-21)22-13-16(12-20-22)19(24)25/h2-6,12-14,17H,7-11H2,1H3,(H,24,25). The van der Waals surface area contributed by atoms with Gasteiger partial charge >= 0.3 is 5.97 Å². The van der Waals surface area contributed by atoms with Crippen LogP contribution in [-0.4, -0.2) is 44.8 Å². The van der Waals surface area contributed by atoms with Crippen molar-refractivity contribution in [2.24, 2.45) is 0 Å². The van der Waals surface area contributed by atoms with Gasteiger partial charge in [0.05, 0.1) is 17.8 Å². The van der Waals surface area contributed by atoms with Crippen LogP contribution in [-0.2, 0) is 4.79 Å². The lowest BCUT2D eigenvalue weighted by atomic mass is 9.96. The van der Waals surface area contributed by atoms with Gasteiger partial charge in [0.15, 0.2) is 0 Å². The molecule has 6 nitrogen and oxygen atoms in total. The predicted molar refractivity (Wildman–Crippen MR) is 93.5 cm³/mol. The fraction of sp³-hybridized carbons (Fsp3) is 0.421. The molecule has 1 amide bonds. The molecule has 0 spiro atoms. The highest BCUT2D eigenvalue weighted by molar-refractivity contribution is 5.86. The van der Waals surface area contributed by atoms with E-state index in [2.05, 4.69) is 24.2 Å². The number of carbonyl (C=O) groups is 2. The summed E-state index contributed by atoms with van der Waals surface area (Å²) in [6.45, 7) is 3.46. The fourth-order valence-corrected chi connectivity index (χ4v) is 3.32. The zero-order valence-electron chi connectivity index (χ0n) is 14.3. The molecule has 0 bridgehead atoms. The van der Waals surface area contributed by atoms with Crippen molar-refractivity contribution in [2.45, 2.75) is 38.1 Å². The number of hydrogen-bond acceptors (Lipinski definition) is 3. The summed E-state index contributed by atoms with van der Waals surface area (Å²) in [4.78, 5) is 25.4. The van der Waals surface area contributed by atoms with E-state index in [-0.39, 0.29) is 23.4 Å². The zero-order valence-corrected chi connectivity index (χ0v) is 14.3. The third-order valence-corrected chi connectivity index (χ3v) is 4.89. The first-order chi connectivity index (χ1) is 12.0. The third kappa shape index (κ3) is 4.07. The van der Waals surface area contributed by atoms with Crippen LogP contribution in [0.4, 0.5) is 0 Å². The number of nitrogens with zero attached hydrogens (tertiary/aromatic N) is 3. The van der Waals surface area contributed by atoms with Crippen molar-refractivity contribution in [3.05, 3.63) is 53.9 Å². The first kappa shape index (κ1) is 17.2. The summed E-state index contributed by atoms with van der Waals surface area (Å²) in [6, 6.07) is 10.2. The zero-order chi connectivity index (χ0) is 17.8. The van der Waals surface area contributed by atoms with E-state index in [4.69, 9.17) is 5.11 Å². The molecule has 25 heavy (non-hydrogen) atoms. The molecular formula is C19H23N3O3. The van der Waals surface area contributed by atoms with Crippen LogP contribution in [0.1, 0.15) is 54.1 Å². The summed E-state index contributed by atoms with van der Waals surface area (Å²) >= 11 is 0. The number of benzene rings is 1. The largest absolute Gasteiger partial charge is 0.478 e. The minimum atomic E-state index is -0.964. The molecule has 1 fully saturated rings. The van der Waals surface area contributed by atoms with Gasteiger partial charge in [0.25, 0.3) is 0 Å². The highest BCUT2D eigenvalue weighted by atomic mass is 16.4. The third-order valence-electron chi connectivity index (χ3n) is 4.89. The van der Waals surface area contributed by atoms with E-state index in [1.807, 2.05) is 23.1 Å². The summed E-state index contributed by atoms with van der Waals surface area (Å²) in [5, 5.41) is 13.1. The molecule has 0 saturated carbocycles. The van der Waals surface area contributed by atoms with Gasteiger partial charge < -0.3 is 10.0 Å². The quantitative estimate of drug-likeness (QED) is 0.907. The second kappa shape index (κ2) is 7.51. The maximum absolute atomic E-state index is 12.5. The lowest BCUT2D eigenvalue weighted by Crippen LogP contribution is -2.39.